The molecule has 0 amide bonds. The lowest BCUT2D eigenvalue weighted by molar-refractivity contribution is 0.0690. The van der Waals surface area contributed by atoms with Crippen molar-refractivity contribution in [3.05, 3.63) is 53.5 Å². The maximum absolute atomic E-state index is 11.2. The molecule has 5 nitrogen and oxygen atoms in total. The lowest BCUT2D eigenvalue weighted by atomic mass is 10.1. The molecule has 110 valence electrons. The van der Waals surface area contributed by atoms with Crippen molar-refractivity contribution in [1.82, 2.24) is 9.97 Å². The molecule has 0 aliphatic rings. The van der Waals surface area contributed by atoms with E-state index in [1.54, 1.807) is 0 Å². The Morgan fingerprint density at radius 1 is 1.24 bits per heavy atom. The summed E-state index contributed by atoms with van der Waals surface area (Å²) < 4.78 is 0. The first-order valence-corrected chi connectivity index (χ1v) is 6.93. The van der Waals surface area contributed by atoms with Crippen LogP contribution < -0.4 is 5.32 Å². The number of rotatable bonds is 6. The van der Waals surface area contributed by atoms with Gasteiger partial charge in [-0.2, -0.15) is 0 Å². The maximum atomic E-state index is 11.2. The standard InChI is InChI=1S/C16H19N3O2/c1-11(2)10-17-14-9-13(16(20)21)18-15(19-14)8-12-6-4-3-5-7-12/h3-7,9,11H,8,10H2,1-2H3,(H,20,21)(H,17,18,19). The fourth-order valence-corrected chi connectivity index (χ4v) is 1.86. The highest BCUT2D eigenvalue weighted by atomic mass is 16.4. The molecule has 1 aromatic heterocycles. The summed E-state index contributed by atoms with van der Waals surface area (Å²) in [6.07, 6.45) is 0.512. The van der Waals surface area contributed by atoms with E-state index >= 15 is 0 Å². The zero-order valence-corrected chi connectivity index (χ0v) is 12.2. The van der Waals surface area contributed by atoms with Gasteiger partial charge < -0.3 is 10.4 Å². The van der Waals surface area contributed by atoms with E-state index in [1.807, 2.05) is 30.3 Å². The molecule has 21 heavy (non-hydrogen) atoms. The molecule has 0 radical (unpaired) electrons. The fourth-order valence-electron chi connectivity index (χ4n) is 1.86. The predicted octanol–water partition coefficient (Wildman–Crippen LogP) is 2.83. The highest BCUT2D eigenvalue weighted by Crippen LogP contribution is 2.12. The molecule has 0 saturated heterocycles. The van der Waals surface area contributed by atoms with Gasteiger partial charge in [-0.25, -0.2) is 14.8 Å². The Morgan fingerprint density at radius 3 is 2.57 bits per heavy atom. The van der Waals surface area contributed by atoms with E-state index in [0.717, 1.165) is 12.1 Å². The van der Waals surface area contributed by atoms with Gasteiger partial charge in [-0.05, 0) is 11.5 Å². The van der Waals surface area contributed by atoms with Crippen molar-refractivity contribution in [2.75, 3.05) is 11.9 Å². The lowest BCUT2D eigenvalue weighted by Gasteiger charge is -2.10. The zero-order chi connectivity index (χ0) is 15.2. The summed E-state index contributed by atoms with van der Waals surface area (Å²) in [5, 5.41) is 12.3. The van der Waals surface area contributed by atoms with Crippen molar-refractivity contribution in [2.24, 2.45) is 5.92 Å². The molecule has 0 atom stereocenters. The van der Waals surface area contributed by atoms with E-state index in [9.17, 15) is 4.79 Å². The molecule has 0 spiro atoms. The quantitative estimate of drug-likeness (QED) is 0.853. The molecule has 0 saturated carbocycles. The Kier molecular flexibility index (Phi) is 4.87. The van der Waals surface area contributed by atoms with Crippen LogP contribution in [0.3, 0.4) is 0 Å². The maximum Gasteiger partial charge on any atom is 0.354 e. The number of anilines is 1. The summed E-state index contributed by atoms with van der Waals surface area (Å²) in [5.74, 6) is 0.472. The van der Waals surface area contributed by atoms with Gasteiger partial charge in [-0.1, -0.05) is 44.2 Å². The number of carboxylic acids is 1. The van der Waals surface area contributed by atoms with E-state index in [-0.39, 0.29) is 5.69 Å². The number of carbonyl (C=O) groups is 1. The largest absolute Gasteiger partial charge is 0.477 e. The number of nitrogens with one attached hydrogen (secondary N) is 1. The van der Waals surface area contributed by atoms with Crippen molar-refractivity contribution < 1.29 is 9.90 Å². The third-order valence-corrected chi connectivity index (χ3v) is 2.89. The summed E-state index contributed by atoms with van der Waals surface area (Å²) in [4.78, 5) is 19.7. The molecule has 0 fully saturated rings. The molecule has 0 aliphatic heterocycles. The van der Waals surface area contributed by atoms with Crippen molar-refractivity contribution in [3.8, 4) is 0 Å². The van der Waals surface area contributed by atoms with E-state index in [0.29, 0.717) is 24.0 Å². The number of hydrogen-bond acceptors (Lipinski definition) is 4. The minimum Gasteiger partial charge on any atom is -0.477 e. The van der Waals surface area contributed by atoms with Crippen LogP contribution in [0.4, 0.5) is 5.82 Å². The molecule has 1 aromatic carbocycles. The van der Waals surface area contributed by atoms with Crippen LogP contribution in [0.1, 0.15) is 35.7 Å². The van der Waals surface area contributed by atoms with Crippen molar-refractivity contribution in [1.29, 1.82) is 0 Å². The summed E-state index contributed by atoms with van der Waals surface area (Å²) in [5.41, 5.74) is 1.07. The van der Waals surface area contributed by atoms with E-state index < -0.39 is 5.97 Å². The number of benzene rings is 1. The van der Waals surface area contributed by atoms with Crippen LogP contribution in [-0.4, -0.2) is 27.6 Å². The number of hydrogen-bond donors (Lipinski definition) is 2. The number of nitrogens with zero attached hydrogens (tertiary/aromatic N) is 2. The molecule has 5 heteroatoms. The third-order valence-electron chi connectivity index (χ3n) is 2.89. The zero-order valence-electron chi connectivity index (χ0n) is 12.2. The van der Waals surface area contributed by atoms with E-state index in [1.165, 1.54) is 6.07 Å². The third kappa shape index (κ3) is 4.56. The first-order chi connectivity index (χ1) is 10.0. The van der Waals surface area contributed by atoms with Crippen LogP contribution >= 0.6 is 0 Å². The second-order valence-corrected chi connectivity index (χ2v) is 5.30. The van der Waals surface area contributed by atoms with Gasteiger partial charge in [0.25, 0.3) is 0 Å². The minimum absolute atomic E-state index is 0.0159. The molecule has 1 heterocycles. The second-order valence-electron chi connectivity index (χ2n) is 5.30. The second kappa shape index (κ2) is 6.83. The van der Waals surface area contributed by atoms with Gasteiger partial charge in [0, 0.05) is 19.0 Å². The molecule has 0 bridgehead atoms. The molecule has 2 aromatic rings. The summed E-state index contributed by atoms with van der Waals surface area (Å²) in [6.45, 7) is 4.90. The first kappa shape index (κ1) is 15.0. The normalized spacial score (nSPS) is 10.6. The van der Waals surface area contributed by atoms with Gasteiger partial charge in [-0.3, -0.25) is 0 Å². The fraction of sp³-hybridized carbons (Fsp3) is 0.312. The number of aromatic nitrogens is 2. The molecule has 2 rings (SSSR count). The van der Waals surface area contributed by atoms with Gasteiger partial charge in [0.05, 0.1) is 0 Å². The van der Waals surface area contributed by atoms with Crippen LogP contribution in [0.5, 0.6) is 0 Å². The number of aromatic carboxylic acids is 1. The molecular formula is C16H19N3O2. The van der Waals surface area contributed by atoms with Crippen LogP contribution in [0.15, 0.2) is 36.4 Å². The van der Waals surface area contributed by atoms with Crippen LogP contribution in [0.2, 0.25) is 0 Å². The van der Waals surface area contributed by atoms with Gasteiger partial charge in [0.1, 0.15) is 11.6 Å². The van der Waals surface area contributed by atoms with Crippen LogP contribution in [0, 0.1) is 5.92 Å². The van der Waals surface area contributed by atoms with Crippen LogP contribution in [0.25, 0.3) is 0 Å². The van der Waals surface area contributed by atoms with Crippen molar-refractivity contribution >= 4 is 11.8 Å². The van der Waals surface area contributed by atoms with Gasteiger partial charge >= 0.3 is 5.97 Å². The lowest BCUT2D eigenvalue weighted by Crippen LogP contribution is -2.13. The smallest absolute Gasteiger partial charge is 0.354 e. The summed E-state index contributed by atoms with van der Waals surface area (Å²) in [7, 11) is 0. The first-order valence-electron chi connectivity index (χ1n) is 6.93. The van der Waals surface area contributed by atoms with Gasteiger partial charge in [-0.15, -0.1) is 0 Å². The molecule has 0 unspecified atom stereocenters. The Bertz CT molecular complexity index is 612. The summed E-state index contributed by atoms with van der Waals surface area (Å²) in [6, 6.07) is 11.2. The van der Waals surface area contributed by atoms with Crippen molar-refractivity contribution in [3.63, 3.8) is 0 Å². The van der Waals surface area contributed by atoms with Gasteiger partial charge in [0.15, 0.2) is 5.69 Å². The van der Waals surface area contributed by atoms with E-state index in [2.05, 4.69) is 29.1 Å². The van der Waals surface area contributed by atoms with Gasteiger partial charge in [0.2, 0.25) is 0 Å². The molecular weight excluding hydrogens is 266 g/mol. The average molecular weight is 285 g/mol. The Morgan fingerprint density at radius 2 is 1.95 bits per heavy atom. The highest BCUT2D eigenvalue weighted by molar-refractivity contribution is 5.86. The minimum atomic E-state index is -1.04. The highest BCUT2D eigenvalue weighted by Gasteiger charge is 2.11. The monoisotopic (exact) mass is 285 g/mol. The van der Waals surface area contributed by atoms with Crippen molar-refractivity contribution in [2.45, 2.75) is 20.3 Å². The topological polar surface area (TPSA) is 75.1 Å². The Hall–Kier alpha value is -2.43. The number of carboxylic acid groups (broad SMARTS) is 1. The Balaban J connectivity index is 2.25. The predicted molar refractivity (Wildman–Crippen MR) is 81.6 cm³/mol. The van der Waals surface area contributed by atoms with E-state index in [4.69, 9.17) is 5.11 Å². The average Bonchev–Trinajstić information content (AvgIpc) is 2.46. The molecule has 2 N–H and O–H groups in total. The summed E-state index contributed by atoms with van der Waals surface area (Å²) >= 11 is 0. The molecule has 0 aliphatic carbocycles. The Labute approximate surface area is 124 Å². The van der Waals surface area contributed by atoms with Crippen LogP contribution in [-0.2, 0) is 6.42 Å². The SMILES string of the molecule is CC(C)CNc1cc(C(=O)O)nc(Cc2ccccc2)n1.